The molecule has 0 spiro atoms. The van der Waals surface area contributed by atoms with Gasteiger partial charge in [-0.05, 0) is 30.7 Å². The SMILES string of the molecule is COc1ncccc1CCNC(=O)N1CC(CC2CC2)C1. The van der Waals surface area contributed by atoms with Crippen LogP contribution in [0.4, 0.5) is 4.79 Å². The number of aromatic nitrogens is 1. The van der Waals surface area contributed by atoms with E-state index in [1.165, 1.54) is 19.3 Å². The Labute approximate surface area is 125 Å². The fourth-order valence-corrected chi connectivity index (χ4v) is 2.92. The molecule has 2 aliphatic rings. The third-order valence-corrected chi connectivity index (χ3v) is 4.32. The van der Waals surface area contributed by atoms with E-state index in [1.807, 2.05) is 17.0 Å². The molecule has 0 atom stereocenters. The first-order valence-electron chi connectivity index (χ1n) is 7.77. The monoisotopic (exact) mass is 289 g/mol. The van der Waals surface area contributed by atoms with E-state index in [4.69, 9.17) is 4.74 Å². The van der Waals surface area contributed by atoms with Crippen molar-refractivity contribution >= 4 is 6.03 Å². The van der Waals surface area contributed by atoms with Crippen LogP contribution in [0.1, 0.15) is 24.8 Å². The Bertz CT molecular complexity index is 496. The minimum atomic E-state index is 0.0601. The molecule has 1 aliphatic heterocycles. The van der Waals surface area contributed by atoms with Gasteiger partial charge in [0.15, 0.2) is 0 Å². The van der Waals surface area contributed by atoms with E-state index in [1.54, 1.807) is 13.3 Å². The van der Waals surface area contributed by atoms with Gasteiger partial charge < -0.3 is 15.0 Å². The number of rotatable bonds is 6. The van der Waals surface area contributed by atoms with Crippen LogP contribution >= 0.6 is 0 Å². The number of hydrogen-bond donors (Lipinski definition) is 1. The zero-order valence-corrected chi connectivity index (χ0v) is 12.5. The van der Waals surface area contributed by atoms with Crippen LogP contribution in [-0.4, -0.2) is 42.7 Å². The summed E-state index contributed by atoms with van der Waals surface area (Å²) in [5.74, 6) is 2.33. The van der Waals surface area contributed by atoms with Crippen molar-refractivity contribution in [3.63, 3.8) is 0 Å². The van der Waals surface area contributed by atoms with Crippen molar-refractivity contribution in [3.8, 4) is 5.88 Å². The van der Waals surface area contributed by atoms with Gasteiger partial charge in [-0.25, -0.2) is 9.78 Å². The van der Waals surface area contributed by atoms with Crippen molar-refractivity contribution in [2.24, 2.45) is 11.8 Å². The topological polar surface area (TPSA) is 54.5 Å². The van der Waals surface area contributed by atoms with Gasteiger partial charge in [0, 0.05) is 31.4 Å². The molecule has 1 saturated carbocycles. The molecule has 0 aromatic carbocycles. The minimum absolute atomic E-state index is 0.0601. The fraction of sp³-hybridized carbons (Fsp3) is 0.625. The maximum atomic E-state index is 12.0. The van der Waals surface area contributed by atoms with Crippen molar-refractivity contribution in [3.05, 3.63) is 23.9 Å². The second-order valence-electron chi connectivity index (χ2n) is 6.10. The van der Waals surface area contributed by atoms with Gasteiger partial charge in [-0.1, -0.05) is 18.9 Å². The van der Waals surface area contributed by atoms with E-state index in [9.17, 15) is 4.79 Å². The van der Waals surface area contributed by atoms with Crippen molar-refractivity contribution < 1.29 is 9.53 Å². The summed E-state index contributed by atoms with van der Waals surface area (Å²) in [7, 11) is 1.62. The van der Waals surface area contributed by atoms with Gasteiger partial charge >= 0.3 is 6.03 Å². The maximum Gasteiger partial charge on any atom is 0.317 e. The third kappa shape index (κ3) is 3.65. The Morgan fingerprint density at radius 2 is 2.24 bits per heavy atom. The number of urea groups is 1. The third-order valence-electron chi connectivity index (χ3n) is 4.32. The van der Waals surface area contributed by atoms with Crippen molar-refractivity contribution in [2.75, 3.05) is 26.7 Å². The van der Waals surface area contributed by atoms with Gasteiger partial charge in [0.1, 0.15) is 0 Å². The van der Waals surface area contributed by atoms with Crippen molar-refractivity contribution in [1.29, 1.82) is 0 Å². The lowest BCUT2D eigenvalue weighted by Crippen LogP contribution is -2.54. The lowest BCUT2D eigenvalue weighted by atomic mass is 9.94. The lowest BCUT2D eigenvalue weighted by molar-refractivity contribution is 0.112. The second-order valence-corrected chi connectivity index (χ2v) is 6.10. The molecule has 1 N–H and O–H groups in total. The van der Waals surface area contributed by atoms with Gasteiger partial charge in [0.05, 0.1) is 7.11 Å². The molecule has 114 valence electrons. The number of likely N-dealkylation sites (tertiary alicyclic amines) is 1. The Morgan fingerprint density at radius 1 is 1.43 bits per heavy atom. The van der Waals surface area contributed by atoms with Crippen LogP contribution in [0.5, 0.6) is 5.88 Å². The van der Waals surface area contributed by atoms with Crippen LogP contribution in [0.3, 0.4) is 0 Å². The Balaban J connectivity index is 1.36. The Hall–Kier alpha value is -1.78. The Kier molecular flexibility index (Phi) is 4.27. The molecule has 3 rings (SSSR count). The largest absolute Gasteiger partial charge is 0.481 e. The van der Waals surface area contributed by atoms with Crippen molar-refractivity contribution in [1.82, 2.24) is 15.2 Å². The van der Waals surface area contributed by atoms with Crippen LogP contribution in [0, 0.1) is 11.8 Å². The summed E-state index contributed by atoms with van der Waals surface area (Å²) in [6.07, 6.45) is 6.56. The van der Waals surface area contributed by atoms with Gasteiger partial charge in [-0.3, -0.25) is 0 Å². The molecular formula is C16H23N3O2. The summed E-state index contributed by atoms with van der Waals surface area (Å²) in [5, 5.41) is 2.98. The van der Waals surface area contributed by atoms with Gasteiger partial charge in [0.2, 0.25) is 5.88 Å². The van der Waals surface area contributed by atoms with Crippen molar-refractivity contribution in [2.45, 2.75) is 25.7 Å². The molecule has 5 heteroatoms. The molecule has 0 radical (unpaired) electrons. The number of carbonyl (C=O) groups excluding carboxylic acids is 1. The highest BCUT2D eigenvalue weighted by Gasteiger charge is 2.34. The van der Waals surface area contributed by atoms with E-state index in [-0.39, 0.29) is 6.03 Å². The summed E-state index contributed by atoms with van der Waals surface area (Å²) < 4.78 is 5.21. The summed E-state index contributed by atoms with van der Waals surface area (Å²) in [6, 6.07) is 3.93. The predicted molar refractivity (Wildman–Crippen MR) is 80.3 cm³/mol. The molecule has 1 aliphatic carbocycles. The predicted octanol–water partition coefficient (Wildman–Crippen LogP) is 2.07. The summed E-state index contributed by atoms with van der Waals surface area (Å²) in [6.45, 7) is 2.47. The molecule has 1 aromatic heterocycles. The Morgan fingerprint density at radius 3 is 2.95 bits per heavy atom. The second kappa shape index (κ2) is 6.33. The minimum Gasteiger partial charge on any atom is -0.481 e. The van der Waals surface area contributed by atoms with E-state index in [0.717, 1.165) is 36.9 Å². The number of nitrogens with zero attached hydrogens (tertiary/aromatic N) is 2. The number of pyridine rings is 1. The van der Waals surface area contributed by atoms with Crippen LogP contribution in [0.25, 0.3) is 0 Å². The molecule has 1 saturated heterocycles. The summed E-state index contributed by atoms with van der Waals surface area (Å²) in [5.41, 5.74) is 1.02. The van der Waals surface area contributed by atoms with Crippen LogP contribution in [-0.2, 0) is 6.42 Å². The van der Waals surface area contributed by atoms with Gasteiger partial charge in [0.25, 0.3) is 0 Å². The normalized spacial score (nSPS) is 18.2. The molecular weight excluding hydrogens is 266 g/mol. The number of ether oxygens (including phenoxy) is 1. The molecule has 21 heavy (non-hydrogen) atoms. The van der Waals surface area contributed by atoms with E-state index in [0.29, 0.717) is 12.4 Å². The first-order valence-corrected chi connectivity index (χ1v) is 7.77. The molecule has 0 bridgehead atoms. The average Bonchev–Trinajstić information content (AvgIpc) is 3.26. The highest BCUT2D eigenvalue weighted by atomic mass is 16.5. The molecule has 1 aromatic rings. The molecule has 5 nitrogen and oxygen atoms in total. The van der Waals surface area contributed by atoms with E-state index >= 15 is 0 Å². The smallest absolute Gasteiger partial charge is 0.317 e. The molecule has 2 amide bonds. The first kappa shape index (κ1) is 14.2. The van der Waals surface area contributed by atoms with E-state index in [2.05, 4.69) is 10.3 Å². The highest BCUT2D eigenvalue weighted by molar-refractivity contribution is 5.75. The number of methoxy groups -OCH3 is 1. The quantitative estimate of drug-likeness (QED) is 0.872. The average molecular weight is 289 g/mol. The molecule has 2 heterocycles. The molecule has 0 unspecified atom stereocenters. The van der Waals surface area contributed by atoms with Crippen LogP contribution in [0.2, 0.25) is 0 Å². The maximum absolute atomic E-state index is 12.0. The lowest BCUT2D eigenvalue weighted by Gasteiger charge is -2.39. The van der Waals surface area contributed by atoms with Gasteiger partial charge in [-0.2, -0.15) is 0 Å². The standard InChI is InChI=1S/C16H23N3O2/c1-21-15-14(3-2-7-17-15)6-8-18-16(20)19-10-13(11-19)9-12-4-5-12/h2-3,7,12-13H,4-6,8-11H2,1H3,(H,18,20). The van der Waals surface area contributed by atoms with Crippen LogP contribution < -0.4 is 10.1 Å². The summed E-state index contributed by atoms with van der Waals surface area (Å²) in [4.78, 5) is 18.1. The zero-order valence-electron chi connectivity index (χ0n) is 12.5. The number of hydrogen-bond acceptors (Lipinski definition) is 3. The number of carbonyl (C=O) groups is 1. The fourth-order valence-electron chi connectivity index (χ4n) is 2.92. The van der Waals surface area contributed by atoms with Crippen LogP contribution in [0.15, 0.2) is 18.3 Å². The number of nitrogens with one attached hydrogen (secondary N) is 1. The first-order chi connectivity index (χ1) is 10.3. The molecule has 2 fully saturated rings. The summed E-state index contributed by atoms with van der Waals surface area (Å²) >= 11 is 0. The number of amides is 2. The zero-order chi connectivity index (χ0) is 14.7. The van der Waals surface area contributed by atoms with Gasteiger partial charge in [-0.15, -0.1) is 0 Å². The van der Waals surface area contributed by atoms with E-state index < -0.39 is 0 Å². The highest BCUT2D eigenvalue weighted by Crippen LogP contribution is 2.37.